The molecule has 0 atom stereocenters. The van der Waals surface area contributed by atoms with Gasteiger partial charge in [-0.1, -0.05) is 36.4 Å². The molecule has 0 amide bonds. The predicted octanol–water partition coefficient (Wildman–Crippen LogP) is 1.93. The van der Waals surface area contributed by atoms with Gasteiger partial charge in [0.1, 0.15) is 0 Å². The number of nitrogens with two attached hydrogens (primary N) is 1. The largest absolute Gasteiger partial charge is 0.326 e. The Kier molecular flexibility index (Phi) is 4.54. The molecule has 2 aromatic rings. The normalized spacial score (nSPS) is 11.5. The molecular weight excluding hydrogens is 272 g/mol. The van der Waals surface area contributed by atoms with E-state index < -0.39 is 10.0 Å². The molecule has 106 valence electrons. The van der Waals surface area contributed by atoms with Crippen molar-refractivity contribution in [3.05, 3.63) is 65.2 Å². The summed E-state index contributed by atoms with van der Waals surface area (Å²) in [6.45, 7) is 2.56. The van der Waals surface area contributed by atoms with Crippen LogP contribution < -0.4 is 10.5 Å². The van der Waals surface area contributed by atoms with Crippen LogP contribution in [0.2, 0.25) is 0 Å². The summed E-state index contributed by atoms with van der Waals surface area (Å²) in [6.07, 6.45) is 0. The van der Waals surface area contributed by atoms with E-state index >= 15 is 0 Å². The van der Waals surface area contributed by atoms with Gasteiger partial charge in [-0.3, -0.25) is 0 Å². The Hall–Kier alpha value is -1.69. The Morgan fingerprint density at radius 1 is 1.10 bits per heavy atom. The number of nitrogens with one attached hydrogen (secondary N) is 1. The van der Waals surface area contributed by atoms with Gasteiger partial charge in [0.25, 0.3) is 0 Å². The fourth-order valence-corrected chi connectivity index (χ4v) is 2.98. The van der Waals surface area contributed by atoms with Crippen LogP contribution in [0.3, 0.4) is 0 Å². The Morgan fingerprint density at radius 2 is 1.85 bits per heavy atom. The molecule has 0 aromatic heterocycles. The third kappa shape index (κ3) is 3.45. The fourth-order valence-electron chi connectivity index (χ4n) is 1.90. The molecule has 0 spiro atoms. The third-order valence-corrected chi connectivity index (χ3v) is 4.56. The molecule has 0 bridgehead atoms. The molecule has 0 heterocycles. The average Bonchev–Trinajstić information content (AvgIpc) is 2.46. The summed E-state index contributed by atoms with van der Waals surface area (Å²) in [6, 6.07) is 14.4. The summed E-state index contributed by atoms with van der Waals surface area (Å²) >= 11 is 0. The van der Waals surface area contributed by atoms with Crippen molar-refractivity contribution in [1.29, 1.82) is 0 Å². The summed E-state index contributed by atoms with van der Waals surface area (Å²) in [7, 11) is -3.51. The highest BCUT2D eigenvalue weighted by Gasteiger charge is 2.14. The molecule has 0 fully saturated rings. The van der Waals surface area contributed by atoms with Gasteiger partial charge in [0.15, 0.2) is 0 Å². The molecule has 20 heavy (non-hydrogen) atoms. The zero-order valence-corrected chi connectivity index (χ0v) is 12.2. The van der Waals surface area contributed by atoms with Gasteiger partial charge in [-0.05, 0) is 35.7 Å². The van der Waals surface area contributed by atoms with E-state index in [2.05, 4.69) is 4.72 Å². The molecule has 0 saturated carbocycles. The van der Waals surface area contributed by atoms with Crippen molar-refractivity contribution in [2.75, 3.05) is 0 Å². The summed E-state index contributed by atoms with van der Waals surface area (Å²) in [5.74, 6) is 0. The Labute approximate surface area is 119 Å². The minimum Gasteiger partial charge on any atom is -0.326 e. The maximum absolute atomic E-state index is 12.2. The van der Waals surface area contributed by atoms with Crippen LogP contribution in [0.1, 0.15) is 16.7 Å². The molecule has 5 heteroatoms. The number of hydrogen-bond donors (Lipinski definition) is 2. The molecule has 4 nitrogen and oxygen atoms in total. The van der Waals surface area contributed by atoms with Crippen molar-refractivity contribution in [2.45, 2.75) is 24.9 Å². The molecule has 3 N–H and O–H groups in total. The van der Waals surface area contributed by atoms with E-state index in [9.17, 15) is 8.42 Å². The molecule has 0 aliphatic carbocycles. The van der Waals surface area contributed by atoms with Crippen molar-refractivity contribution in [1.82, 2.24) is 4.72 Å². The monoisotopic (exact) mass is 290 g/mol. The second-order valence-corrected chi connectivity index (χ2v) is 6.37. The zero-order chi connectivity index (χ0) is 14.6. The van der Waals surface area contributed by atoms with E-state index in [1.807, 2.05) is 31.2 Å². The number of hydrogen-bond acceptors (Lipinski definition) is 3. The minimum atomic E-state index is -3.51. The van der Waals surface area contributed by atoms with E-state index in [0.717, 1.165) is 16.7 Å². The third-order valence-electron chi connectivity index (χ3n) is 3.16. The summed E-state index contributed by atoms with van der Waals surface area (Å²) in [5.41, 5.74) is 8.35. The molecule has 2 aromatic carbocycles. The number of sulfonamides is 1. The first-order valence-corrected chi connectivity index (χ1v) is 7.84. The van der Waals surface area contributed by atoms with Gasteiger partial charge in [0, 0.05) is 13.1 Å². The standard InChI is InChI=1S/C15H18N2O2S/c1-12-5-2-3-7-14(12)11-17-20(18,19)15-8-4-6-13(9-15)10-16/h2-9,17H,10-11,16H2,1H3. The first-order valence-electron chi connectivity index (χ1n) is 6.36. The van der Waals surface area contributed by atoms with Crippen LogP contribution in [0.4, 0.5) is 0 Å². The molecule has 2 rings (SSSR count). The first-order chi connectivity index (χ1) is 9.53. The van der Waals surface area contributed by atoms with Gasteiger partial charge in [-0.2, -0.15) is 0 Å². The average molecular weight is 290 g/mol. The van der Waals surface area contributed by atoms with Crippen LogP contribution in [0.5, 0.6) is 0 Å². The maximum Gasteiger partial charge on any atom is 0.240 e. The highest BCUT2D eigenvalue weighted by atomic mass is 32.2. The number of rotatable bonds is 5. The number of benzene rings is 2. The van der Waals surface area contributed by atoms with E-state index in [1.165, 1.54) is 0 Å². The summed E-state index contributed by atoms with van der Waals surface area (Å²) in [4.78, 5) is 0.244. The second-order valence-electron chi connectivity index (χ2n) is 4.60. The SMILES string of the molecule is Cc1ccccc1CNS(=O)(=O)c1cccc(CN)c1. The quantitative estimate of drug-likeness (QED) is 0.884. The van der Waals surface area contributed by atoms with Crippen LogP contribution in [0.25, 0.3) is 0 Å². The maximum atomic E-state index is 12.2. The van der Waals surface area contributed by atoms with E-state index in [0.29, 0.717) is 6.54 Å². The van der Waals surface area contributed by atoms with Crippen LogP contribution in [0, 0.1) is 6.92 Å². The Morgan fingerprint density at radius 3 is 2.55 bits per heavy atom. The van der Waals surface area contributed by atoms with Gasteiger partial charge < -0.3 is 5.73 Å². The first kappa shape index (κ1) is 14.7. The highest BCUT2D eigenvalue weighted by molar-refractivity contribution is 7.89. The summed E-state index contributed by atoms with van der Waals surface area (Å²) < 4.78 is 27.1. The molecular formula is C15H18N2O2S. The second kappa shape index (κ2) is 6.17. The number of aryl methyl sites for hydroxylation is 1. The lowest BCUT2D eigenvalue weighted by molar-refractivity contribution is 0.581. The minimum absolute atomic E-state index is 0.244. The molecule has 0 radical (unpaired) electrons. The fraction of sp³-hybridized carbons (Fsp3) is 0.200. The van der Waals surface area contributed by atoms with Crippen molar-refractivity contribution in [2.24, 2.45) is 5.73 Å². The van der Waals surface area contributed by atoms with Crippen molar-refractivity contribution < 1.29 is 8.42 Å². The predicted molar refractivity (Wildman–Crippen MR) is 79.5 cm³/mol. The van der Waals surface area contributed by atoms with Crippen LogP contribution in [-0.4, -0.2) is 8.42 Å². The van der Waals surface area contributed by atoms with Crippen molar-refractivity contribution in [3.63, 3.8) is 0 Å². The molecule has 0 aliphatic rings. The van der Waals surface area contributed by atoms with E-state index in [-0.39, 0.29) is 11.4 Å². The Balaban J connectivity index is 2.17. The lowest BCUT2D eigenvalue weighted by Crippen LogP contribution is -2.23. The highest BCUT2D eigenvalue weighted by Crippen LogP contribution is 2.13. The summed E-state index contributed by atoms with van der Waals surface area (Å²) in [5, 5.41) is 0. The van der Waals surface area contributed by atoms with Gasteiger partial charge in [0.05, 0.1) is 4.90 Å². The lowest BCUT2D eigenvalue weighted by Gasteiger charge is -2.09. The molecule has 0 saturated heterocycles. The molecule has 0 aliphatic heterocycles. The van der Waals surface area contributed by atoms with Crippen LogP contribution in [0.15, 0.2) is 53.4 Å². The van der Waals surface area contributed by atoms with Gasteiger partial charge in [-0.15, -0.1) is 0 Å². The van der Waals surface area contributed by atoms with Gasteiger partial charge in [-0.25, -0.2) is 13.1 Å². The molecule has 0 unspecified atom stereocenters. The van der Waals surface area contributed by atoms with Crippen LogP contribution >= 0.6 is 0 Å². The van der Waals surface area contributed by atoms with Gasteiger partial charge >= 0.3 is 0 Å². The zero-order valence-electron chi connectivity index (χ0n) is 11.3. The van der Waals surface area contributed by atoms with Gasteiger partial charge in [0.2, 0.25) is 10.0 Å². The Bertz CT molecular complexity index is 697. The van der Waals surface area contributed by atoms with Crippen LogP contribution in [-0.2, 0) is 23.1 Å². The smallest absolute Gasteiger partial charge is 0.240 e. The van der Waals surface area contributed by atoms with Crippen molar-refractivity contribution >= 4 is 10.0 Å². The topological polar surface area (TPSA) is 72.2 Å². The van der Waals surface area contributed by atoms with E-state index in [4.69, 9.17) is 5.73 Å². The van der Waals surface area contributed by atoms with E-state index in [1.54, 1.807) is 24.3 Å². The lowest BCUT2D eigenvalue weighted by atomic mass is 10.1. The van der Waals surface area contributed by atoms with Crippen molar-refractivity contribution in [3.8, 4) is 0 Å².